The summed E-state index contributed by atoms with van der Waals surface area (Å²) < 4.78 is 0. The molecule has 0 atom stereocenters. The van der Waals surface area contributed by atoms with E-state index in [1.165, 1.54) is 0 Å². The minimum absolute atomic E-state index is 0.0555. The number of carboxylic acids is 1. The smallest absolute Gasteiger partial charge is 0.367 e. The lowest BCUT2D eigenvalue weighted by molar-refractivity contribution is 0.0695. The van der Waals surface area contributed by atoms with Gasteiger partial charge in [-0.25, -0.2) is 4.79 Å². The Kier molecular flexibility index (Phi) is 2.14. The van der Waals surface area contributed by atoms with Crippen molar-refractivity contribution in [1.82, 2.24) is 10.2 Å². The van der Waals surface area contributed by atoms with E-state index in [0.29, 0.717) is 0 Å². The first-order valence-corrected chi connectivity index (χ1v) is 4.30. The number of carbonyl (C=O) groups is 1. The van der Waals surface area contributed by atoms with Gasteiger partial charge in [-0.3, -0.25) is 0 Å². The van der Waals surface area contributed by atoms with E-state index < -0.39 is 5.97 Å². The molecule has 0 saturated heterocycles. The third-order valence-corrected chi connectivity index (χ3v) is 2.59. The molecule has 0 fully saturated rings. The van der Waals surface area contributed by atoms with Crippen LogP contribution in [0, 0.1) is 0 Å². The van der Waals surface area contributed by atoms with Crippen LogP contribution in [0.4, 0.5) is 0 Å². The van der Waals surface area contributed by atoms with Gasteiger partial charge in [0.15, 0.2) is 0 Å². The van der Waals surface area contributed by atoms with Crippen LogP contribution < -0.4 is 0 Å². The third-order valence-electron chi connectivity index (χ3n) is 1.25. The van der Waals surface area contributed by atoms with Gasteiger partial charge in [0.1, 0.15) is 5.01 Å². The first-order valence-electron chi connectivity index (χ1n) is 3.48. The Hall–Kier alpha value is -0.970. The van der Waals surface area contributed by atoms with Gasteiger partial charge >= 0.3 is 5.97 Å². The standard InChI is InChI=1S/C7H10N2O2S/c1-7(2,3)6-9-8-4(12-6)5(10)11/h1-3H3,(H,10,11). The van der Waals surface area contributed by atoms with E-state index in [9.17, 15) is 4.79 Å². The van der Waals surface area contributed by atoms with Gasteiger partial charge < -0.3 is 5.11 Å². The molecule has 1 heterocycles. The molecule has 0 aliphatic rings. The average molecular weight is 186 g/mol. The molecule has 5 heteroatoms. The Morgan fingerprint density at radius 3 is 2.25 bits per heavy atom. The molecular weight excluding hydrogens is 176 g/mol. The van der Waals surface area contributed by atoms with Gasteiger partial charge in [-0.05, 0) is 0 Å². The monoisotopic (exact) mass is 186 g/mol. The summed E-state index contributed by atoms with van der Waals surface area (Å²) >= 11 is 1.13. The maximum Gasteiger partial charge on any atom is 0.367 e. The summed E-state index contributed by atoms with van der Waals surface area (Å²) in [5.41, 5.74) is -0.120. The summed E-state index contributed by atoms with van der Waals surface area (Å²) in [7, 11) is 0. The van der Waals surface area contributed by atoms with Gasteiger partial charge in [0.25, 0.3) is 0 Å². The van der Waals surface area contributed by atoms with Crippen LogP contribution in [0.25, 0.3) is 0 Å². The van der Waals surface area contributed by atoms with E-state index in [1.54, 1.807) is 0 Å². The van der Waals surface area contributed by atoms with Gasteiger partial charge in [0.2, 0.25) is 5.01 Å². The summed E-state index contributed by atoms with van der Waals surface area (Å²) in [5.74, 6) is -1.01. The minimum Gasteiger partial charge on any atom is -0.476 e. The van der Waals surface area contributed by atoms with Crippen LogP contribution in [0.1, 0.15) is 35.6 Å². The third kappa shape index (κ3) is 1.79. The SMILES string of the molecule is CC(C)(C)c1nnc(C(=O)O)s1. The fraction of sp³-hybridized carbons (Fsp3) is 0.571. The van der Waals surface area contributed by atoms with Gasteiger partial charge in [0.05, 0.1) is 0 Å². The first kappa shape index (κ1) is 9.12. The Balaban J connectivity index is 3.00. The van der Waals surface area contributed by atoms with E-state index in [1.807, 2.05) is 20.8 Å². The molecular formula is C7H10N2O2S. The molecule has 0 spiro atoms. The van der Waals surface area contributed by atoms with Crippen molar-refractivity contribution in [2.24, 2.45) is 0 Å². The van der Waals surface area contributed by atoms with E-state index >= 15 is 0 Å². The molecule has 0 aliphatic carbocycles. The summed E-state index contributed by atoms with van der Waals surface area (Å²) in [6.07, 6.45) is 0. The van der Waals surface area contributed by atoms with Crippen molar-refractivity contribution in [3.63, 3.8) is 0 Å². The lowest BCUT2D eigenvalue weighted by Gasteiger charge is -2.11. The number of aromatic nitrogens is 2. The Bertz CT molecular complexity index is 301. The second-order valence-corrected chi connectivity index (χ2v) is 4.45. The highest BCUT2D eigenvalue weighted by atomic mass is 32.1. The van der Waals surface area contributed by atoms with Gasteiger partial charge in [-0.2, -0.15) is 0 Å². The van der Waals surface area contributed by atoms with Crippen LogP contribution in [-0.4, -0.2) is 21.3 Å². The normalized spacial score (nSPS) is 11.6. The second kappa shape index (κ2) is 2.82. The number of aromatic carboxylic acids is 1. The van der Waals surface area contributed by atoms with E-state index in [0.717, 1.165) is 16.3 Å². The van der Waals surface area contributed by atoms with Crippen molar-refractivity contribution in [3.05, 3.63) is 10.0 Å². The van der Waals surface area contributed by atoms with E-state index in [-0.39, 0.29) is 10.4 Å². The molecule has 0 aliphatic heterocycles. The molecule has 1 rings (SSSR count). The largest absolute Gasteiger partial charge is 0.476 e. The van der Waals surface area contributed by atoms with Gasteiger partial charge in [-0.1, -0.05) is 32.1 Å². The molecule has 0 unspecified atom stereocenters. The molecule has 12 heavy (non-hydrogen) atoms. The maximum atomic E-state index is 10.4. The molecule has 4 nitrogen and oxygen atoms in total. The Morgan fingerprint density at radius 2 is 2.00 bits per heavy atom. The zero-order valence-corrected chi connectivity index (χ0v) is 7.97. The van der Waals surface area contributed by atoms with Crippen molar-refractivity contribution in [2.45, 2.75) is 26.2 Å². The fourth-order valence-electron chi connectivity index (χ4n) is 0.613. The zero-order valence-electron chi connectivity index (χ0n) is 7.16. The van der Waals surface area contributed by atoms with Crippen LogP contribution in [0.5, 0.6) is 0 Å². The predicted octanol–water partition coefficient (Wildman–Crippen LogP) is 1.53. The predicted molar refractivity (Wildman–Crippen MR) is 45.6 cm³/mol. The van der Waals surface area contributed by atoms with Crippen molar-refractivity contribution in [2.75, 3.05) is 0 Å². The van der Waals surface area contributed by atoms with Crippen LogP contribution in [0.3, 0.4) is 0 Å². The molecule has 1 aromatic heterocycles. The highest BCUT2D eigenvalue weighted by Crippen LogP contribution is 2.24. The Labute approximate surface area is 74.3 Å². The van der Waals surface area contributed by atoms with Gasteiger partial charge in [0, 0.05) is 5.41 Å². The summed E-state index contributed by atoms with van der Waals surface area (Å²) in [6.45, 7) is 5.91. The summed E-state index contributed by atoms with van der Waals surface area (Å²) in [6, 6.07) is 0. The lowest BCUT2D eigenvalue weighted by Crippen LogP contribution is -2.10. The van der Waals surface area contributed by atoms with E-state index in [2.05, 4.69) is 10.2 Å². The minimum atomic E-state index is -1.01. The number of rotatable bonds is 1. The lowest BCUT2D eigenvalue weighted by atomic mass is 9.98. The number of hydrogen-bond acceptors (Lipinski definition) is 4. The van der Waals surface area contributed by atoms with Crippen LogP contribution in [-0.2, 0) is 5.41 Å². The summed E-state index contributed by atoms with van der Waals surface area (Å²) in [5, 5.41) is 16.7. The number of nitrogens with zero attached hydrogens (tertiary/aromatic N) is 2. The molecule has 0 bridgehead atoms. The average Bonchev–Trinajstić information content (AvgIpc) is 2.30. The highest BCUT2D eigenvalue weighted by molar-refractivity contribution is 7.13. The fourth-order valence-corrected chi connectivity index (χ4v) is 1.35. The number of hydrogen-bond donors (Lipinski definition) is 1. The molecule has 1 aromatic rings. The van der Waals surface area contributed by atoms with Crippen molar-refractivity contribution in [3.8, 4) is 0 Å². The van der Waals surface area contributed by atoms with Gasteiger partial charge in [-0.15, -0.1) is 10.2 Å². The Morgan fingerprint density at radius 1 is 1.42 bits per heavy atom. The maximum absolute atomic E-state index is 10.4. The zero-order chi connectivity index (χ0) is 9.35. The van der Waals surface area contributed by atoms with Crippen molar-refractivity contribution in [1.29, 1.82) is 0 Å². The quantitative estimate of drug-likeness (QED) is 0.722. The molecule has 0 aromatic carbocycles. The second-order valence-electron chi connectivity index (χ2n) is 3.47. The van der Waals surface area contributed by atoms with Crippen LogP contribution in [0.2, 0.25) is 0 Å². The topological polar surface area (TPSA) is 63.1 Å². The molecule has 0 radical (unpaired) electrons. The highest BCUT2D eigenvalue weighted by Gasteiger charge is 2.21. The van der Waals surface area contributed by atoms with Crippen molar-refractivity contribution < 1.29 is 9.90 Å². The van der Waals surface area contributed by atoms with Crippen LogP contribution in [0.15, 0.2) is 0 Å². The molecule has 0 saturated carbocycles. The number of carboxylic acid groups (broad SMARTS) is 1. The molecule has 1 N–H and O–H groups in total. The van der Waals surface area contributed by atoms with E-state index in [4.69, 9.17) is 5.11 Å². The molecule has 0 amide bonds. The first-order chi connectivity index (χ1) is 5.41. The molecule has 66 valence electrons. The summed E-state index contributed by atoms with van der Waals surface area (Å²) in [4.78, 5) is 10.4. The van der Waals surface area contributed by atoms with Crippen LogP contribution >= 0.6 is 11.3 Å². The van der Waals surface area contributed by atoms with Crippen molar-refractivity contribution >= 4 is 17.3 Å².